The van der Waals surface area contributed by atoms with E-state index >= 15 is 0 Å². The van der Waals surface area contributed by atoms with Gasteiger partial charge in [-0.05, 0) is 48.9 Å². The van der Waals surface area contributed by atoms with Gasteiger partial charge >= 0.3 is 0 Å². The molecule has 0 unspecified atom stereocenters. The molecule has 1 aliphatic carbocycles. The number of hydrogen-bond acceptors (Lipinski definition) is 3. The largest absolute Gasteiger partial charge is 0.312 e. The van der Waals surface area contributed by atoms with Crippen LogP contribution < -0.4 is 5.56 Å². The molecule has 2 atom stereocenters. The Bertz CT molecular complexity index is 1290. The van der Waals surface area contributed by atoms with Crippen molar-refractivity contribution in [3.05, 3.63) is 63.8 Å². The number of pyridine rings is 1. The SMILES string of the molecule is CCc1nn2c(ncc3c(=O)n([C@@H]4CCCC[C@@H]4C)ccc32)c1-c1ccc(Cl)cc1. The van der Waals surface area contributed by atoms with Crippen LogP contribution in [-0.2, 0) is 6.42 Å². The highest BCUT2D eigenvalue weighted by atomic mass is 35.5. The smallest absolute Gasteiger partial charge is 0.261 e. The third kappa shape index (κ3) is 3.03. The van der Waals surface area contributed by atoms with Crippen LogP contribution in [0.15, 0.2) is 47.5 Å². The van der Waals surface area contributed by atoms with E-state index in [2.05, 4.69) is 13.8 Å². The van der Waals surface area contributed by atoms with Gasteiger partial charge < -0.3 is 4.57 Å². The van der Waals surface area contributed by atoms with Crippen LogP contribution in [0.2, 0.25) is 5.02 Å². The number of rotatable bonds is 3. The Labute approximate surface area is 180 Å². The van der Waals surface area contributed by atoms with Crippen molar-refractivity contribution in [1.82, 2.24) is 19.2 Å². The van der Waals surface area contributed by atoms with Gasteiger partial charge in [-0.2, -0.15) is 5.10 Å². The molecule has 30 heavy (non-hydrogen) atoms. The molecule has 5 rings (SSSR count). The lowest BCUT2D eigenvalue weighted by atomic mass is 9.85. The number of hydrogen-bond donors (Lipinski definition) is 0. The first kappa shape index (κ1) is 19.3. The molecular formula is C24H25ClN4O. The standard InChI is InChI=1S/C24H25ClN4O/c1-3-19-22(16-8-10-17(25)11-9-16)23-26-14-18-21(29(23)27-19)12-13-28(24(18)30)20-7-5-4-6-15(20)2/h8-15,20H,3-7H2,1-2H3/t15-,20+/m0/s1. The summed E-state index contributed by atoms with van der Waals surface area (Å²) in [5, 5.41) is 6.15. The van der Waals surface area contributed by atoms with Crippen LogP contribution in [-0.4, -0.2) is 19.2 Å². The number of benzene rings is 1. The predicted molar refractivity (Wildman–Crippen MR) is 121 cm³/mol. The average molecular weight is 421 g/mol. The van der Waals surface area contributed by atoms with E-state index in [1.807, 2.05) is 45.6 Å². The zero-order valence-corrected chi connectivity index (χ0v) is 18.1. The quantitative estimate of drug-likeness (QED) is 0.428. The van der Waals surface area contributed by atoms with Crippen LogP contribution >= 0.6 is 11.6 Å². The van der Waals surface area contributed by atoms with Crippen molar-refractivity contribution < 1.29 is 0 Å². The number of halogens is 1. The lowest BCUT2D eigenvalue weighted by Gasteiger charge is -2.30. The van der Waals surface area contributed by atoms with Gasteiger partial charge in [0.25, 0.3) is 5.56 Å². The van der Waals surface area contributed by atoms with E-state index in [4.69, 9.17) is 21.7 Å². The molecule has 154 valence electrons. The fourth-order valence-corrected chi connectivity index (χ4v) is 4.99. The van der Waals surface area contributed by atoms with Crippen molar-refractivity contribution in [2.45, 2.75) is 52.0 Å². The minimum atomic E-state index is 0.0299. The molecule has 3 aromatic heterocycles. The number of aromatic nitrogens is 4. The molecule has 0 N–H and O–H groups in total. The minimum Gasteiger partial charge on any atom is -0.312 e. The first-order valence-corrected chi connectivity index (χ1v) is 11.1. The molecule has 1 aliphatic rings. The highest BCUT2D eigenvalue weighted by Gasteiger charge is 2.25. The summed E-state index contributed by atoms with van der Waals surface area (Å²) in [7, 11) is 0. The van der Waals surface area contributed by atoms with Gasteiger partial charge in [-0.25, -0.2) is 9.50 Å². The van der Waals surface area contributed by atoms with Crippen LogP contribution in [0.3, 0.4) is 0 Å². The summed E-state index contributed by atoms with van der Waals surface area (Å²) < 4.78 is 3.75. The molecule has 1 aromatic carbocycles. The number of nitrogens with zero attached hydrogens (tertiary/aromatic N) is 4. The zero-order chi connectivity index (χ0) is 20.8. The van der Waals surface area contributed by atoms with Gasteiger partial charge in [0.2, 0.25) is 0 Å². The van der Waals surface area contributed by atoms with Crippen molar-refractivity contribution in [2.24, 2.45) is 5.92 Å². The van der Waals surface area contributed by atoms with Crippen molar-refractivity contribution in [2.75, 3.05) is 0 Å². The molecule has 1 fully saturated rings. The molecule has 0 aliphatic heterocycles. The van der Waals surface area contributed by atoms with Crippen LogP contribution in [0.25, 0.3) is 27.7 Å². The maximum atomic E-state index is 13.4. The molecular weight excluding hydrogens is 396 g/mol. The Balaban J connectivity index is 1.72. The molecule has 0 saturated heterocycles. The third-order valence-electron chi connectivity index (χ3n) is 6.50. The Morgan fingerprint density at radius 1 is 1.13 bits per heavy atom. The maximum absolute atomic E-state index is 13.4. The summed E-state index contributed by atoms with van der Waals surface area (Å²) in [6, 6.07) is 10.0. The maximum Gasteiger partial charge on any atom is 0.261 e. The van der Waals surface area contributed by atoms with Crippen LogP contribution in [0.4, 0.5) is 0 Å². The summed E-state index contributed by atoms with van der Waals surface area (Å²) in [6.45, 7) is 4.34. The normalized spacial score (nSPS) is 19.6. The second kappa shape index (κ2) is 7.55. The minimum absolute atomic E-state index is 0.0299. The zero-order valence-electron chi connectivity index (χ0n) is 17.3. The van der Waals surface area contributed by atoms with E-state index in [1.54, 1.807) is 6.20 Å². The fraction of sp³-hybridized carbons (Fsp3) is 0.375. The lowest BCUT2D eigenvalue weighted by molar-refractivity contribution is 0.253. The third-order valence-corrected chi connectivity index (χ3v) is 6.75. The molecule has 0 spiro atoms. The summed E-state index contributed by atoms with van der Waals surface area (Å²) in [5.41, 5.74) is 4.60. The van der Waals surface area contributed by atoms with Crippen molar-refractivity contribution >= 4 is 28.2 Å². The summed E-state index contributed by atoms with van der Waals surface area (Å²) in [4.78, 5) is 18.0. The highest BCUT2D eigenvalue weighted by molar-refractivity contribution is 6.30. The molecule has 1 saturated carbocycles. The number of fused-ring (bicyclic) bond motifs is 3. The van der Waals surface area contributed by atoms with E-state index in [0.717, 1.165) is 40.8 Å². The molecule has 3 heterocycles. The van der Waals surface area contributed by atoms with Crippen molar-refractivity contribution in [3.8, 4) is 11.1 Å². The molecule has 0 bridgehead atoms. The first-order chi connectivity index (χ1) is 14.6. The Morgan fingerprint density at radius 3 is 2.63 bits per heavy atom. The summed E-state index contributed by atoms with van der Waals surface area (Å²) in [5.74, 6) is 0.512. The summed E-state index contributed by atoms with van der Waals surface area (Å²) >= 11 is 6.08. The van der Waals surface area contributed by atoms with Gasteiger partial charge in [0.05, 0.1) is 16.6 Å². The van der Waals surface area contributed by atoms with Crippen LogP contribution in [0.1, 0.15) is 51.3 Å². The second-order valence-corrected chi connectivity index (χ2v) is 8.77. The van der Waals surface area contributed by atoms with Crippen molar-refractivity contribution in [3.63, 3.8) is 0 Å². The average Bonchev–Trinajstić information content (AvgIpc) is 3.14. The predicted octanol–water partition coefficient (Wildman–Crippen LogP) is 5.68. The van der Waals surface area contributed by atoms with Gasteiger partial charge in [-0.15, -0.1) is 0 Å². The molecule has 0 radical (unpaired) electrons. The van der Waals surface area contributed by atoms with Gasteiger partial charge in [-0.1, -0.05) is 50.4 Å². The molecule has 0 amide bonds. The first-order valence-electron chi connectivity index (χ1n) is 10.8. The molecule has 4 aromatic rings. The second-order valence-electron chi connectivity index (χ2n) is 8.33. The Kier molecular flexibility index (Phi) is 4.86. The van der Waals surface area contributed by atoms with E-state index in [-0.39, 0.29) is 11.6 Å². The van der Waals surface area contributed by atoms with E-state index in [9.17, 15) is 4.79 Å². The van der Waals surface area contributed by atoms with Crippen LogP contribution in [0.5, 0.6) is 0 Å². The van der Waals surface area contributed by atoms with Gasteiger partial charge in [0.15, 0.2) is 5.65 Å². The highest BCUT2D eigenvalue weighted by Crippen LogP contribution is 2.34. The monoisotopic (exact) mass is 420 g/mol. The molecule has 6 heteroatoms. The van der Waals surface area contributed by atoms with Gasteiger partial charge in [-0.3, -0.25) is 4.79 Å². The molecule has 5 nitrogen and oxygen atoms in total. The van der Waals surface area contributed by atoms with E-state index < -0.39 is 0 Å². The topological polar surface area (TPSA) is 52.2 Å². The van der Waals surface area contributed by atoms with E-state index in [1.165, 1.54) is 19.3 Å². The van der Waals surface area contributed by atoms with Crippen LogP contribution in [0, 0.1) is 5.92 Å². The lowest BCUT2D eigenvalue weighted by Crippen LogP contribution is -2.30. The Morgan fingerprint density at radius 2 is 1.90 bits per heavy atom. The van der Waals surface area contributed by atoms with E-state index in [0.29, 0.717) is 16.3 Å². The Hall–Kier alpha value is -2.66. The van der Waals surface area contributed by atoms with Crippen molar-refractivity contribution in [1.29, 1.82) is 0 Å². The fourth-order valence-electron chi connectivity index (χ4n) is 4.86. The van der Waals surface area contributed by atoms with Gasteiger partial charge in [0.1, 0.15) is 0 Å². The number of aryl methyl sites for hydroxylation is 1. The van der Waals surface area contributed by atoms with Gasteiger partial charge in [0, 0.05) is 29.0 Å². The summed E-state index contributed by atoms with van der Waals surface area (Å²) in [6.07, 6.45) is 9.12.